The monoisotopic (exact) mass is 442 g/mol. The van der Waals surface area contributed by atoms with Crippen LogP contribution in [0, 0.1) is 6.92 Å². The molecule has 2 aromatic rings. The lowest BCUT2D eigenvalue weighted by molar-refractivity contribution is -0.122. The van der Waals surface area contributed by atoms with Gasteiger partial charge >= 0.3 is 0 Å². The van der Waals surface area contributed by atoms with E-state index in [4.69, 9.17) is 23.2 Å². The number of sulfonamides is 1. The minimum absolute atomic E-state index is 0.182. The van der Waals surface area contributed by atoms with Gasteiger partial charge in [-0.3, -0.25) is 9.10 Å². The third-order valence-electron chi connectivity index (χ3n) is 4.41. The van der Waals surface area contributed by atoms with Gasteiger partial charge in [-0.15, -0.1) is 0 Å². The second kappa shape index (κ2) is 9.16. The molecule has 0 unspecified atom stereocenters. The Labute approximate surface area is 176 Å². The number of nitrogens with one attached hydrogen (secondary N) is 1. The van der Waals surface area contributed by atoms with E-state index in [1.807, 2.05) is 38.1 Å². The molecule has 0 spiro atoms. The summed E-state index contributed by atoms with van der Waals surface area (Å²) in [5, 5.41) is 3.43. The second-order valence-corrected chi connectivity index (χ2v) is 9.42. The highest BCUT2D eigenvalue weighted by atomic mass is 35.5. The van der Waals surface area contributed by atoms with Crippen LogP contribution in [-0.4, -0.2) is 26.6 Å². The summed E-state index contributed by atoms with van der Waals surface area (Å²) >= 11 is 12.3. The fraction of sp³-hybridized carbons (Fsp3) is 0.350. The van der Waals surface area contributed by atoms with E-state index in [1.165, 1.54) is 12.1 Å². The van der Waals surface area contributed by atoms with Crippen molar-refractivity contribution in [2.24, 2.45) is 0 Å². The highest BCUT2D eigenvalue weighted by molar-refractivity contribution is 7.92. The lowest BCUT2D eigenvalue weighted by atomic mass is 10.1. The van der Waals surface area contributed by atoms with Crippen LogP contribution in [0.15, 0.2) is 42.5 Å². The fourth-order valence-electron chi connectivity index (χ4n) is 2.94. The number of hydrogen-bond acceptors (Lipinski definition) is 3. The predicted molar refractivity (Wildman–Crippen MR) is 116 cm³/mol. The van der Waals surface area contributed by atoms with Gasteiger partial charge in [0, 0.05) is 5.02 Å². The van der Waals surface area contributed by atoms with E-state index in [1.54, 1.807) is 13.0 Å². The molecule has 0 aliphatic heterocycles. The number of carbonyl (C=O) groups is 1. The highest BCUT2D eigenvalue weighted by Crippen LogP contribution is 2.33. The van der Waals surface area contributed by atoms with Gasteiger partial charge in [0.25, 0.3) is 0 Å². The van der Waals surface area contributed by atoms with Gasteiger partial charge in [0.2, 0.25) is 15.9 Å². The third-order valence-corrected chi connectivity index (χ3v) is 6.13. The number of benzene rings is 2. The molecular weight excluding hydrogens is 419 g/mol. The van der Waals surface area contributed by atoms with Crippen LogP contribution in [-0.2, 0) is 14.8 Å². The predicted octanol–water partition coefficient (Wildman–Crippen LogP) is 4.72. The largest absolute Gasteiger partial charge is 0.348 e. The molecule has 0 heterocycles. The van der Waals surface area contributed by atoms with E-state index in [2.05, 4.69) is 5.32 Å². The maximum absolute atomic E-state index is 13.0. The van der Waals surface area contributed by atoms with Crippen LogP contribution >= 0.6 is 23.2 Å². The fourth-order valence-corrected chi connectivity index (χ4v) is 4.58. The zero-order chi connectivity index (χ0) is 21.1. The van der Waals surface area contributed by atoms with Gasteiger partial charge in [0.1, 0.15) is 6.04 Å². The molecule has 2 atom stereocenters. The SMILES string of the molecule is CC[C@@H](C(=O)N[C@H](C)c1ccc(C)cc1)N(c1cc(Cl)ccc1Cl)S(C)(=O)=O. The van der Waals surface area contributed by atoms with E-state index < -0.39 is 22.0 Å². The van der Waals surface area contributed by atoms with Crippen LogP contribution in [0.4, 0.5) is 5.69 Å². The van der Waals surface area contributed by atoms with Crippen molar-refractivity contribution in [3.8, 4) is 0 Å². The van der Waals surface area contributed by atoms with Crippen molar-refractivity contribution in [1.82, 2.24) is 5.32 Å². The van der Waals surface area contributed by atoms with Gasteiger partial charge in [-0.05, 0) is 44.0 Å². The van der Waals surface area contributed by atoms with Gasteiger partial charge in [0.05, 0.1) is 23.0 Å². The van der Waals surface area contributed by atoms with Crippen LogP contribution in [0.5, 0.6) is 0 Å². The quantitative estimate of drug-likeness (QED) is 0.673. The lowest BCUT2D eigenvalue weighted by Gasteiger charge is -2.31. The number of aryl methyl sites for hydroxylation is 1. The Morgan fingerprint density at radius 3 is 2.29 bits per heavy atom. The summed E-state index contributed by atoms with van der Waals surface area (Å²) in [5.74, 6) is -0.406. The van der Waals surface area contributed by atoms with E-state index >= 15 is 0 Å². The number of halogens is 2. The van der Waals surface area contributed by atoms with Crippen LogP contribution in [0.25, 0.3) is 0 Å². The zero-order valence-corrected chi connectivity index (χ0v) is 18.6. The molecule has 0 aliphatic rings. The first-order chi connectivity index (χ1) is 13.0. The number of anilines is 1. The maximum Gasteiger partial charge on any atom is 0.244 e. The van der Waals surface area contributed by atoms with Crippen molar-refractivity contribution in [2.45, 2.75) is 39.3 Å². The molecule has 0 fully saturated rings. The van der Waals surface area contributed by atoms with E-state index in [-0.39, 0.29) is 23.2 Å². The number of amides is 1. The Hall–Kier alpha value is -1.76. The Morgan fingerprint density at radius 1 is 1.14 bits per heavy atom. The summed E-state index contributed by atoms with van der Waals surface area (Å²) in [4.78, 5) is 13.0. The van der Waals surface area contributed by atoms with Crippen LogP contribution < -0.4 is 9.62 Å². The summed E-state index contributed by atoms with van der Waals surface area (Å²) in [5.41, 5.74) is 2.23. The minimum Gasteiger partial charge on any atom is -0.348 e. The Kier molecular flexibility index (Phi) is 7.37. The van der Waals surface area contributed by atoms with Crippen LogP contribution in [0.2, 0.25) is 10.0 Å². The second-order valence-electron chi connectivity index (χ2n) is 6.72. The number of nitrogens with zero attached hydrogens (tertiary/aromatic N) is 1. The van der Waals surface area contributed by atoms with E-state index in [0.717, 1.165) is 21.7 Å². The third kappa shape index (κ3) is 5.40. The summed E-state index contributed by atoms with van der Waals surface area (Å²) in [7, 11) is -3.79. The molecule has 0 radical (unpaired) electrons. The average Bonchev–Trinajstić information content (AvgIpc) is 2.61. The van der Waals surface area contributed by atoms with Gasteiger partial charge in [-0.2, -0.15) is 0 Å². The zero-order valence-electron chi connectivity index (χ0n) is 16.2. The molecule has 0 saturated carbocycles. The number of carbonyl (C=O) groups excluding carboxylic acids is 1. The first-order valence-corrected chi connectivity index (χ1v) is 11.5. The molecule has 1 N–H and O–H groups in total. The van der Waals surface area contributed by atoms with E-state index in [0.29, 0.717) is 5.02 Å². The standard InChI is InChI=1S/C20H24Cl2N2O3S/c1-5-18(20(25)23-14(3)15-8-6-13(2)7-9-15)24(28(4,26)27)19-12-16(21)10-11-17(19)22/h6-12,14,18H,5H2,1-4H3,(H,23,25)/t14-,18+/m1/s1. The van der Waals surface area contributed by atoms with Gasteiger partial charge in [0.15, 0.2) is 0 Å². The smallest absolute Gasteiger partial charge is 0.244 e. The lowest BCUT2D eigenvalue weighted by Crippen LogP contribution is -2.49. The Bertz CT molecular complexity index is 946. The Morgan fingerprint density at radius 2 is 1.75 bits per heavy atom. The molecule has 0 saturated heterocycles. The molecule has 152 valence electrons. The molecule has 28 heavy (non-hydrogen) atoms. The molecule has 1 amide bonds. The van der Waals surface area contributed by atoms with Crippen molar-refractivity contribution in [3.63, 3.8) is 0 Å². The summed E-state index contributed by atoms with van der Waals surface area (Å²) in [6.45, 7) is 5.59. The van der Waals surface area contributed by atoms with Gasteiger partial charge in [-0.1, -0.05) is 60.0 Å². The van der Waals surface area contributed by atoms with Crippen LogP contribution in [0.1, 0.15) is 37.4 Å². The van der Waals surface area contributed by atoms with Gasteiger partial charge in [-0.25, -0.2) is 8.42 Å². The number of rotatable bonds is 7. The maximum atomic E-state index is 13.0. The molecule has 0 aromatic heterocycles. The van der Waals surface area contributed by atoms with Crippen molar-refractivity contribution in [3.05, 3.63) is 63.6 Å². The summed E-state index contributed by atoms with van der Waals surface area (Å²) < 4.78 is 26.1. The summed E-state index contributed by atoms with van der Waals surface area (Å²) in [6, 6.07) is 11.1. The molecule has 2 aromatic carbocycles. The van der Waals surface area contributed by atoms with Crippen molar-refractivity contribution < 1.29 is 13.2 Å². The van der Waals surface area contributed by atoms with Gasteiger partial charge < -0.3 is 5.32 Å². The molecule has 5 nitrogen and oxygen atoms in total. The topological polar surface area (TPSA) is 66.5 Å². The number of hydrogen-bond donors (Lipinski definition) is 1. The van der Waals surface area contributed by atoms with Crippen molar-refractivity contribution >= 4 is 44.8 Å². The molecular formula is C20H24Cl2N2O3S. The highest BCUT2D eigenvalue weighted by Gasteiger charge is 2.33. The minimum atomic E-state index is -3.79. The van der Waals surface area contributed by atoms with Crippen LogP contribution in [0.3, 0.4) is 0 Å². The molecule has 0 bridgehead atoms. The molecule has 0 aliphatic carbocycles. The average molecular weight is 443 g/mol. The Balaban J connectivity index is 2.36. The first-order valence-electron chi connectivity index (χ1n) is 8.86. The normalized spacial score (nSPS) is 13.6. The molecule has 8 heteroatoms. The molecule has 2 rings (SSSR count). The van der Waals surface area contributed by atoms with Crippen molar-refractivity contribution in [2.75, 3.05) is 10.6 Å². The van der Waals surface area contributed by atoms with E-state index in [9.17, 15) is 13.2 Å². The summed E-state index contributed by atoms with van der Waals surface area (Å²) in [6.07, 6.45) is 1.31. The first kappa shape index (κ1) is 22.5. The van der Waals surface area contributed by atoms with Crippen molar-refractivity contribution in [1.29, 1.82) is 0 Å².